The molecule has 1 amide bonds. The number of hydrogen-bond acceptors (Lipinski definition) is 3. The number of hydrogen-bond donors (Lipinski definition) is 1. The second-order valence-corrected chi connectivity index (χ2v) is 4.59. The van der Waals surface area contributed by atoms with Crippen LogP contribution >= 0.6 is 0 Å². The lowest BCUT2D eigenvalue weighted by Crippen LogP contribution is -2.34. The Kier molecular flexibility index (Phi) is 4.52. The van der Waals surface area contributed by atoms with Crippen LogP contribution in [0.4, 0.5) is 0 Å². The Labute approximate surface area is 102 Å². The quantitative estimate of drug-likeness (QED) is 0.855. The number of phenolic OH excluding ortho intramolecular Hbond substituents is 1. The molecule has 0 saturated carbocycles. The molecule has 0 fully saturated rings. The first-order valence-electron chi connectivity index (χ1n) is 5.57. The fraction of sp³-hybridized carbons (Fsp3) is 0.462. The summed E-state index contributed by atoms with van der Waals surface area (Å²) in [6.45, 7) is 2.89. The normalized spacial score (nSPS) is 10.6. The van der Waals surface area contributed by atoms with E-state index in [9.17, 15) is 9.90 Å². The number of benzene rings is 1. The molecule has 0 aliphatic carbocycles. The van der Waals surface area contributed by atoms with Gasteiger partial charge in [-0.3, -0.25) is 9.69 Å². The molecular weight excluding hydrogens is 216 g/mol. The highest BCUT2D eigenvalue weighted by Gasteiger charge is 2.10. The molecule has 4 heteroatoms. The molecule has 0 spiro atoms. The molecule has 0 aliphatic heterocycles. The van der Waals surface area contributed by atoms with Gasteiger partial charge < -0.3 is 10.0 Å². The molecule has 0 unspecified atom stereocenters. The fourth-order valence-electron chi connectivity index (χ4n) is 1.56. The van der Waals surface area contributed by atoms with Crippen LogP contribution in [0.5, 0.6) is 5.75 Å². The third-order valence-corrected chi connectivity index (χ3v) is 2.58. The van der Waals surface area contributed by atoms with Crippen molar-refractivity contribution in [1.29, 1.82) is 0 Å². The Balaban J connectivity index is 2.64. The number of phenols is 1. The van der Waals surface area contributed by atoms with Gasteiger partial charge in [0.25, 0.3) is 0 Å². The van der Waals surface area contributed by atoms with E-state index in [2.05, 4.69) is 0 Å². The van der Waals surface area contributed by atoms with Crippen molar-refractivity contribution in [2.45, 2.75) is 13.5 Å². The van der Waals surface area contributed by atoms with Crippen molar-refractivity contribution < 1.29 is 9.90 Å². The predicted molar refractivity (Wildman–Crippen MR) is 67.9 cm³/mol. The highest BCUT2D eigenvalue weighted by molar-refractivity contribution is 5.77. The Morgan fingerprint density at radius 1 is 1.29 bits per heavy atom. The van der Waals surface area contributed by atoms with E-state index in [-0.39, 0.29) is 11.7 Å². The van der Waals surface area contributed by atoms with Crippen molar-refractivity contribution in [3.63, 3.8) is 0 Å². The number of likely N-dealkylation sites (N-methyl/N-ethyl adjacent to an activating group) is 2. The van der Waals surface area contributed by atoms with Crippen LogP contribution in [0.2, 0.25) is 0 Å². The molecule has 0 radical (unpaired) electrons. The standard InChI is InChI=1S/C13H20N2O2/c1-10-5-6-12(16)11(7-10)8-15(4)9-13(17)14(2)3/h5-7,16H,8-9H2,1-4H3. The lowest BCUT2D eigenvalue weighted by Gasteiger charge is -2.19. The largest absolute Gasteiger partial charge is 0.508 e. The summed E-state index contributed by atoms with van der Waals surface area (Å²) in [5.74, 6) is 0.333. The first kappa shape index (κ1) is 13.5. The van der Waals surface area contributed by atoms with E-state index in [1.54, 1.807) is 25.1 Å². The van der Waals surface area contributed by atoms with E-state index in [1.165, 1.54) is 0 Å². The topological polar surface area (TPSA) is 43.8 Å². The zero-order valence-electron chi connectivity index (χ0n) is 10.9. The number of aromatic hydroxyl groups is 1. The minimum atomic E-state index is 0.0552. The number of aryl methyl sites for hydroxylation is 1. The maximum atomic E-state index is 11.5. The van der Waals surface area contributed by atoms with Crippen LogP contribution in [0.1, 0.15) is 11.1 Å². The SMILES string of the molecule is Cc1ccc(O)c(CN(C)CC(=O)N(C)C)c1. The molecule has 4 nitrogen and oxygen atoms in total. The van der Waals surface area contributed by atoms with Crippen molar-refractivity contribution in [3.05, 3.63) is 29.3 Å². The van der Waals surface area contributed by atoms with E-state index in [1.807, 2.05) is 31.0 Å². The molecular formula is C13H20N2O2. The van der Waals surface area contributed by atoms with Gasteiger partial charge >= 0.3 is 0 Å². The summed E-state index contributed by atoms with van der Waals surface area (Å²) in [5, 5.41) is 9.71. The van der Waals surface area contributed by atoms with Crippen molar-refractivity contribution in [3.8, 4) is 5.75 Å². The van der Waals surface area contributed by atoms with Gasteiger partial charge in [-0.15, -0.1) is 0 Å². The van der Waals surface area contributed by atoms with E-state index in [0.29, 0.717) is 13.1 Å². The van der Waals surface area contributed by atoms with Crippen molar-refractivity contribution in [2.24, 2.45) is 0 Å². The van der Waals surface area contributed by atoms with Crippen molar-refractivity contribution >= 4 is 5.91 Å². The number of carbonyl (C=O) groups excluding carboxylic acids is 1. The van der Waals surface area contributed by atoms with Crippen LogP contribution in [0.25, 0.3) is 0 Å². The van der Waals surface area contributed by atoms with Crippen LogP contribution in [-0.2, 0) is 11.3 Å². The summed E-state index contributed by atoms with van der Waals surface area (Å²) in [6, 6.07) is 5.49. The maximum absolute atomic E-state index is 11.5. The van der Waals surface area contributed by atoms with Gasteiger partial charge in [-0.1, -0.05) is 17.7 Å². The molecule has 94 valence electrons. The molecule has 0 heterocycles. The third-order valence-electron chi connectivity index (χ3n) is 2.58. The van der Waals surface area contributed by atoms with E-state index < -0.39 is 0 Å². The molecule has 17 heavy (non-hydrogen) atoms. The summed E-state index contributed by atoms with van der Waals surface area (Å²) in [7, 11) is 5.34. The monoisotopic (exact) mass is 236 g/mol. The average Bonchev–Trinajstić information content (AvgIpc) is 2.23. The minimum absolute atomic E-state index is 0.0552. The highest BCUT2D eigenvalue weighted by Crippen LogP contribution is 2.19. The lowest BCUT2D eigenvalue weighted by molar-refractivity contribution is -0.129. The Bertz CT molecular complexity index is 402. The molecule has 1 aromatic carbocycles. The van der Waals surface area contributed by atoms with Crippen LogP contribution < -0.4 is 0 Å². The van der Waals surface area contributed by atoms with Gasteiger partial charge in [-0.05, 0) is 20.0 Å². The van der Waals surface area contributed by atoms with Gasteiger partial charge in [0.2, 0.25) is 5.91 Å². The van der Waals surface area contributed by atoms with E-state index in [0.717, 1.165) is 11.1 Å². The van der Waals surface area contributed by atoms with Gasteiger partial charge in [0.05, 0.1) is 6.54 Å². The summed E-state index contributed by atoms with van der Waals surface area (Å²) in [5.41, 5.74) is 1.95. The minimum Gasteiger partial charge on any atom is -0.508 e. The number of rotatable bonds is 4. The predicted octanol–water partition coefficient (Wildman–Crippen LogP) is 1.22. The van der Waals surface area contributed by atoms with E-state index in [4.69, 9.17) is 0 Å². The molecule has 1 N–H and O–H groups in total. The molecule has 0 atom stereocenters. The smallest absolute Gasteiger partial charge is 0.236 e. The number of carbonyl (C=O) groups is 1. The van der Waals surface area contributed by atoms with E-state index >= 15 is 0 Å². The lowest BCUT2D eigenvalue weighted by atomic mass is 10.1. The Hall–Kier alpha value is -1.55. The summed E-state index contributed by atoms with van der Waals surface area (Å²) >= 11 is 0. The fourth-order valence-corrected chi connectivity index (χ4v) is 1.56. The zero-order valence-corrected chi connectivity index (χ0v) is 10.9. The second kappa shape index (κ2) is 5.68. The maximum Gasteiger partial charge on any atom is 0.236 e. The van der Waals surface area contributed by atoms with Gasteiger partial charge in [0.1, 0.15) is 5.75 Å². The molecule has 1 aromatic rings. The van der Waals surface area contributed by atoms with Gasteiger partial charge in [-0.2, -0.15) is 0 Å². The Morgan fingerprint density at radius 3 is 2.53 bits per heavy atom. The molecule has 0 bridgehead atoms. The molecule has 0 aromatic heterocycles. The summed E-state index contributed by atoms with van der Waals surface area (Å²) in [6.07, 6.45) is 0. The second-order valence-electron chi connectivity index (χ2n) is 4.59. The van der Waals surface area contributed by atoms with Gasteiger partial charge in [0, 0.05) is 26.2 Å². The molecule has 1 rings (SSSR count). The number of nitrogens with zero attached hydrogens (tertiary/aromatic N) is 2. The van der Waals surface area contributed by atoms with Crippen LogP contribution in [0.15, 0.2) is 18.2 Å². The van der Waals surface area contributed by atoms with Crippen LogP contribution in [0, 0.1) is 6.92 Å². The summed E-state index contributed by atoms with van der Waals surface area (Å²) in [4.78, 5) is 15.0. The molecule has 0 aliphatic rings. The van der Waals surface area contributed by atoms with Crippen molar-refractivity contribution in [2.75, 3.05) is 27.7 Å². The van der Waals surface area contributed by atoms with Gasteiger partial charge in [0.15, 0.2) is 0 Å². The highest BCUT2D eigenvalue weighted by atomic mass is 16.3. The first-order chi connectivity index (χ1) is 7.90. The van der Waals surface area contributed by atoms with Crippen molar-refractivity contribution in [1.82, 2.24) is 9.80 Å². The zero-order chi connectivity index (χ0) is 13.0. The Morgan fingerprint density at radius 2 is 1.94 bits per heavy atom. The average molecular weight is 236 g/mol. The third kappa shape index (κ3) is 4.07. The van der Waals surface area contributed by atoms with Gasteiger partial charge in [-0.25, -0.2) is 0 Å². The van der Waals surface area contributed by atoms with Crippen LogP contribution in [-0.4, -0.2) is 48.5 Å². The summed E-state index contributed by atoms with van der Waals surface area (Å²) < 4.78 is 0. The first-order valence-corrected chi connectivity index (χ1v) is 5.57. The molecule has 0 saturated heterocycles. The van der Waals surface area contributed by atoms with Crippen LogP contribution in [0.3, 0.4) is 0 Å². The number of amides is 1.